The maximum absolute atomic E-state index is 13.9. The minimum absolute atomic E-state index is 0.0900. The van der Waals surface area contributed by atoms with Crippen LogP contribution in [0.2, 0.25) is 0 Å². The van der Waals surface area contributed by atoms with Crippen LogP contribution in [0, 0.1) is 19.7 Å². The van der Waals surface area contributed by atoms with E-state index in [-0.39, 0.29) is 12.2 Å². The molecule has 160 valence electrons. The van der Waals surface area contributed by atoms with Crippen molar-refractivity contribution in [1.29, 1.82) is 0 Å². The van der Waals surface area contributed by atoms with Gasteiger partial charge in [-0.2, -0.15) is 0 Å². The van der Waals surface area contributed by atoms with Crippen LogP contribution in [0.1, 0.15) is 28.4 Å². The predicted octanol–water partition coefficient (Wildman–Crippen LogP) is 4.92. The molecule has 0 aromatic heterocycles. The van der Waals surface area contributed by atoms with Gasteiger partial charge in [0.05, 0.1) is 13.5 Å². The van der Waals surface area contributed by atoms with Crippen molar-refractivity contribution in [2.24, 2.45) is 0 Å². The number of halogens is 1. The van der Waals surface area contributed by atoms with Gasteiger partial charge in [-0.25, -0.2) is 4.39 Å². The largest absolute Gasteiger partial charge is 0.494 e. The number of anilines is 1. The fraction of sp³-hybridized carbons (Fsp3) is 0.200. The average Bonchev–Trinajstić information content (AvgIpc) is 2.75. The molecule has 0 saturated heterocycles. The molecule has 0 aliphatic rings. The molecule has 0 radical (unpaired) electrons. The van der Waals surface area contributed by atoms with Gasteiger partial charge in [0, 0.05) is 11.3 Å². The number of esters is 1. The molecule has 0 spiro atoms. The Labute approximate surface area is 180 Å². The summed E-state index contributed by atoms with van der Waals surface area (Å²) in [5.41, 5.74) is 3.50. The standard InChI is InChI=1S/C25H24FNO4/c1-16-9-10-17(2)21(13-16)27-25(29)24(19-7-5-4-6-8-19)31-23(28)15-18-11-12-22(30-3)20(26)14-18/h4-14,24H,15H2,1-3H3,(H,27,29)/t24-/m1/s1. The van der Waals surface area contributed by atoms with Crippen LogP contribution in [0.4, 0.5) is 10.1 Å². The average molecular weight is 421 g/mol. The molecule has 0 aliphatic heterocycles. The highest BCUT2D eigenvalue weighted by molar-refractivity contribution is 5.96. The number of methoxy groups -OCH3 is 1. The van der Waals surface area contributed by atoms with Gasteiger partial charge < -0.3 is 14.8 Å². The Hall–Kier alpha value is -3.67. The molecule has 6 heteroatoms. The first kappa shape index (κ1) is 22.0. The van der Waals surface area contributed by atoms with E-state index in [1.54, 1.807) is 30.3 Å². The second-order valence-corrected chi connectivity index (χ2v) is 7.23. The number of hydrogen-bond acceptors (Lipinski definition) is 4. The molecule has 3 aromatic carbocycles. The molecule has 3 aromatic rings. The molecule has 0 bridgehead atoms. The van der Waals surface area contributed by atoms with Gasteiger partial charge in [-0.05, 0) is 48.7 Å². The second kappa shape index (κ2) is 9.89. The second-order valence-electron chi connectivity index (χ2n) is 7.23. The molecule has 3 rings (SSSR count). The van der Waals surface area contributed by atoms with Crippen molar-refractivity contribution < 1.29 is 23.5 Å². The number of ether oxygens (including phenoxy) is 2. The van der Waals surface area contributed by atoms with Crippen molar-refractivity contribution in [2.45, 2.75) is 26.4 Å². The number of amides is 1. The number of aryl methyl sites for hydroxylation is 2. The molecular weight excluding hydrogens is 397 g/mol. The Morgan fingerprint density at radius 1 is 1.00 bits per heavy atom. The number of nitrogens with one attached hydrogen (secondary N) is 1. The van der Waals surface area contributed by atoms with Crippen LogP contribution >= 0.6 is 0 Å². The van der Waals surface area contributed by atoms with Gasteiger partial charge in [0.15, 0.2) is 11.6 Å². The molecule has 0 fully saturated rings. The van der Waals surface area contributed by atoms with Gasteiger partial charge in [-0.15, -0.1) is 0 Å². The van der Waals surface area contributed by atoms with Gasteiger partial charge >= 0.3 is 5.97 Å². The van der Waals surface area contributed by atoms with Crippen LogP contribution in [0.15, 0.2) is 66.7 Å². The predicted molar refractivity (Wildman–Crippen MR) is 116 cm³/mol. The summed E-state index contributed by atoms with van der Waals surface area (Å²) in [4.78, 5) is 25.6. The van der Waals surface area contributed by atoms with Crippen molar-refractivity contribution in [1.82, 2.24) is 0 Å². The van der Waals surface area contributed by atoms with Crippen LogP contribution in [-0.2, 0) is 20.7 Å². The van der Waals surface area contributed by atoms with Gasteiger partial charge in [-0.1, -0.05) is 48.5 Å². The third-order valence-corrected chi connectivity index (χ3v) is 4.81. The quantitative estimate of drug-likeness (QED) is 0.550. The van der Waals surface area contributed by atoms with E-state index in [4.69, 9.17) is 9.47 Å². The first-order valence-corrected chi connectivity index (χ1v) is 9.82. The lowest BCUT2D eigenvalue weighted by Gasteiger charge is -2.19. The first-order chi connectivity index (χ1) is 14.9. The van der Waals surface area contributed by atoms with Gasteiger partial charge in [-0.3, -0.25) is 9.59 Å². The van der Waals surface area contributed by atoms with Crippen molar-refractivity contribution in [3.05, 3.63) is 94.8 Å². The maximum atomic E-state index is 13.9. The molecule has 0 unspecified atom stereocenters. The molecule has 1 amide bonds. The first-order valence-electron chi connectivity index (χ1n) is 9.82. The number of rotatable bonds is 7. The Morgan fingerprint density at radius 3 is 2.42 bits per heavy atom. The Bertz CT molecular complexity index is 1080. The minimum atomic E-state index is -1.14. The smallest absolute Gasteiger partial charge is 0.311 e. The molecule has 5 nitrogen and oxygen atoms in total. The maximum Gasteiger partial charge on any atom is 0.311 e. The van der Waals surface area contributed by atoms with E-state index in [1.165, 1.54) is 19.2 Å². The van der Waals surface area contributed by atoms with Crippen LogP contribution in [0.3, 0.4) is 0 Å². The highest BCUT2D eigenvalue weighted by Gasteiger charge is 2.26. The highest BCUT2D eigenvalue weighted by Crippen LogP contribution is 2.24. The Kier molecular flexibility index (Phi) is 7.03. The van der Waals surface area contributed by atoms with Gasteiger partial charge in [0.2, 0.25) is 6.10 Å². The van der Waals surface area contributed by atoms with Gasteiger partial charge in [0.1, 0.15) is 0 Å². The summed E-state index contributed by atoms with van der Waals surface area (Å²) in [6.45, 7) is 3.81. The summed E-state index contributed by atoms with van der Waals surface area (Å²) < 4.78 is 24.4. The van der Waals surface area contributed by atoms with Crippen LogP contribution in [0.5, 0.6) is 5.75 Å². The fourth-order valence-corrected chi connectivity index (χ4v) is 3.13. The monoisotopic (exact) mass is 421 g/mol. The van der Waals surface area contributed by atoms with E-state index in [1.807, 2.05) is 38.1 Å². The SMILES string of the molecule is COc1ccc(CC(=O)O[C@@H](C(=O)Nc2cc(C)ccc2C)c2ccccc2)cc1F. The molecule has 31 heavy (non-hydrogen) atoms. The van der Waals surface area contributed by atoms with E-state index < -0.39 is 23.8 Å². The van der Waals surface area contributed by atoms with Crippen molar-refractivity contribution in [3.63, 3.8) is 0 Å². The summed E-state index contributed by atoms with van der Waals surface area (Å²) in [6, 6.07) is 18.7. The summed E-state index contributed by atoms with van der Waals surface area (Å²) in [5.74, 6) is -1.59. The molecule has 0 heterocycles. The molecule has 0 aliphatic carbocycles. The van der Waals surface area contributed by atoms with E-state index in [9.17, 15) is 14.0 Å². The van der Waals surface area contributed by atoms with Crippen molar-refractivity contribution in [3.8, 4) is 5.75 Å². The van der Waals surface area contributed by atoms with E-state index >= 15 is 0 Å². The lowest BCUT2D eigenvalue weighted by atomic mass is 10.1. The molecule has 1 N–H and O–H groups in total. The fourth-order valence-electron chi connectivity index (χ4n) is 3.13. The molecule has 1 atom stereocenters. The normalized spacial score (nSPS) is 11.5. The zero-order valence-corrected chi connectivity index (χ0v) is 17.6. The molecule has 0 saturated carbocycles. The van der Waals surface area contributed by atoms with E-state index in [0.29, 0.717) is 16.8 Å². The lowest BCUT2D eigenvalue weighted by molar-refractivity contribution is -0.154. The topological polar surface area (TPSA) is 64.6 Å². The van der Waals surface area contributed by atoms with Crippen LogP contribution in [-0.4, -0.2) is 19.0 Å². The lowest BCUT2D eigenvalue weighted by Crippen LogP contribution is -2.26. The van der Waals surface area contributed by atoms with E-state index in [0.717, 1.165) is 11.1 Å². The Balaban J connectivity index is 1.79. The Morgan fingerprint density at radius 2 is 1.74 bits per heavy atom. The third-order valence-electron chi connectivity index (χ3n) is 4.81. The zero-order valence-electron chi connectivity index (χ0n) is 17.6. The summed E-state index contributed by atoms with van der Waals surface area (Å²) in [7, 11) is 1.37. The third kappa shape index (κ3) is 5.69. The van der Waals surface area contributed by atoms with Crippen LogP contribution in [0.25, 0.3) is 0 Å². The zero-order chi connectivity index (χ0) is 22.4. The van der Waals surface area contributed by atoms with Crippen molar-refractivity contribution in [2.75, 3.05) is 12.4 Å². The number of hydrogen-bond donors (Lipinski definition) is 1. The summed E-state index contributed by atoms with van der Waals surface area (Å²) in [5, 5.41) is 2.85. The number of carbonyl (C=O) groups excluding carboxylic acids is 2. The minimum Gasteiger partial charge on any atom is -0.494 e. The number of benzene rings is 3. The highest BCUT2D eigenvalue weighted by atomic mass is 19.1. The van der Waals surface area contributed by atoms with Crippen LogP contribution < -0.4 is 10.1 Å². The molecular formula is C25H24FNO4. The van der Waals surface area contributed by atoms with Gasteiger partial charge in [0.25, 0.3) is 5.91 Å². The summed E-state index contributed by atoms with van der Waals surface area (Å²) >= 11 is 0. The number of carbonyl (C=O) groups is 2. The summed E-state index contributed by atoms with van der Waals surface area (Å²) in [6.07, 6.45) is -1.32. The van der Waals surface area contributed by atoms with E-state index in [2.05, 4.69) is 5.32 Å². The van der Waals surface area contributed by atoms with Crippen molar-refractivity contribution >= 4 is 17.6 Å².